The topological polar surface area (TPSA) is 128 Å². The zero-order valence-corrected chi connectivity index (χ0v) is 21.3. The summed E-state index contributed by atoms with van der Waals surface area (Å²) in [6.07, 6.45) is 1.89. The number of nitrogens with one attached hydrogen (secondary N) is 2. The lowest BCUT2D eigenvalue weighted by Gasteiger charge is -2.34. The van der Waals surface area contributed by atoms with Gasteiger partial charge in [0.05, 0.1) is 13.2 Å². The maximum Gasteiger partial charge on any atom is 0.408 e. The number of rotatable bonds is 12. The van der Waals surface area contributed by atoms with E-state index >= 15 is 0 Å². The highest BCUT2D eigenvalue weighted by Gasteiger charge is 2.36. The Hall–Kier alpha value is -2.65. The molecule has 0 aliphatic carbocycles. The SMILES string of the molecule is CCCCCNC(=O)C(c1cc(C)ccc1C)N(CCO)C(=O)C(CO)NC(=O)OC(C)(C)C. The second-order valence-electron chi connectivity index (χ2n) is 9.40. The monoisotopic (exact) mass is 479 g/mol. The fourth-order valence-corrected chi connectivity index (χ4v) is 3.50. The van der Waals surface area contributed by atoms with Gasteiger partial charge in [-0.3, -0.25) is 9.59 Å². The Kier molecular flexibility index (Phi) is 12.0. The predicted octanol–water partition coefficient (Wildman–Crippen LogP) is 2.36. The molecule has 1 aromatic carbocycles. The molecule has 0 aromatic heterocycles. The molecule has 0 fully saturated rings. The molecule has 34 heavy (non-hydrogen) atoms. The summed E-state index contributed by atoms with van der Waals surface area (Å²) in [5.74, 6) is -1.09. The van der Waals surface area contributed by atoms with E-state index in [1.54, 1.807) is 20.8 Å². The van der Waals surface area contributed by atoms with Crippen molar-refractivity contribution in [1.82, 2.24) is 15.5 Å². The molecule has 3 amide bonds. The Bertz CT molecular complexity index is 821. The zero-order valence-electron chi connectivity index (χ0n) is 21.3. The Morgan fingerprint density at radius 2 is 1.79 bits per heavy atom. The number of hydrogen-bond acceptors (Lipinski definition) is 6. The molecule has 9 nitrogen and oxygen atoms in total. The van der Waals surface area contributed by atoms with Crippen LogP contribution in [0.15, 0.2) is 18.2 Å². The van der Waals surface area contributed by atoms with E-state index in [1.807, 2.05) is 32.0 Å². The van der Waals surface area contributed by atoms with Crippen LogP contribution in [0.25, 0.3) is 0 Å². The van der Waals surface area contributed by atoms with Gasteiger partial charge in [-0.15, -0.1) is 0 Å². The number of unbranched alkanes of at least 4 members (excludes halogenated alkanes) is 2. The van der Waals surface area contributed by atoms with Gasteiger partial charge in [0, 0.05) is 13.1 Å². The number of alkyl carbamates (subject to hydrolysis) is 1. The molecule has 9 heteroatoms. The summed E-state index contributed by atoms with van der Waals surface area (Å²) >= 11 is 0. The molecule has 0 aliphatic rings. The molecule has 1 aromatic rings. The third-order valence-electron chi connectivity index (χ3n) is 5.16. The molecular weight excluding hydrogens is 438 g/mol. The third-order valence-corrected chi connectivity index (χ3v) is 5.16. The minimum absolute atomic E-state index is 0.161. The number of aryl methyl sites for hydroxylation is 2. The molecule has 0 saturated heterocycles. The number of carbonyl (C=O) groups excluding carboxylic acids is 3. The third kappa shape index (κ3) is 9.30. The van der Waals surface area contributed by atoms with E-state index in [-0.39, 0.29) is 12.5 Å². The van der Waals surface area contributed by atoms with Crippen molar-refractivity contribution in [2.24, 2.45) is 0 Å². The van der Waals surface area contributed by atoms with Crippen LogP contribution in [0, 0.1) is 13.8 Å². The Morgan fingerprint density at radius 1 is 1.12 bits per heavy atom. The van der Waals surface area contributed by atoms with Gasteiger partial charge in [-0.1, -0.05) is 43.5 Å². The number of carbonyl (C=O) groups is 3. The summed E-state index contributed by atoms with van der Waals surface area (Å²) in [6.45, 7) is 10.0. The van der Waals surface area contributed by atoms with E-state index in [1.165, 1.54) is 4.90 Å². The zero-order chi connectivity index (χ0) is 25.9. The number of amides is 3. The molecule has 4 N–H and O–H groups in total. The lowest BCUT2D eigenvalue weighted by atomic mass is 9.96. The van der Waals surface area contributed by atoms with E-state index in [2.05, 4.69) is 17.6 Å². The first-order chi connectivity index (χ1) is 15.9. The van der Waals surface area contributed by atoms with Crippen molar-refractivity contribution < 1.29 is 29.3 Å². The summed E-state index contributed by atoms with van der Waals surface area (Å²) in [6, 6.07) is 3.22. The molecule has 1 rings (SSSR count). The van der Waals surface area contributed by atoms with Gasteiger partial charge >= 0.3 is 6.09 Å². The van der Waals surface area contributed by atoms with Gasteiger partial charge in [-0.25, -0.2) is 4.79 Å². The van der Waals surface area contributed by atoms with E-state index in [0.717, 1.165) is 30.4 Å². The van der Waals surface area contributed by atoms with E-state index < -0.39 is 42.9 Å². The number of aliphatic hydroxyl groups is 2. The lowest BCUT2D eigenvalue weighted by molar-refractivity contribution is -0.143. The number of nitrogens with zero attached hydrogens (tertiary/aromatic N) is 1. The van der Waals surface area contributed by atoms with Crippen LogP contribution in [0.5, 0.6) is 0 Å². The summed E-state index contributed by atoms with van der Waals surface area (Å²) in [7, 11) is 0. The van der Waals surface area contributed by atoms with Crippen LogP contribution in [-0.4, -0.2) is 71.0 Å². The molecule has 0 radical (unpaired) electrons. The van der Waals surface area contributed by atoms with Gasteiger partial charge in [0.2, 0.25) is 11.8 Å². The van der Waals surface area contributed by atoms with Crippen molar-refractivity contribution in [3.63, 3.8) is 0 Å². The average molecular weight is 480 g/mol. The standard InChI is InChI=1S/C25H41N3O6/c1-7-8-9-12-26-22(31)21(19-15-17(2)10-11-18(19)3)28(13-14-29)23(32)20(16-30)27-24(33)34-25(4,5)6/h10-11,15,20-21,29-30H,7-9,12-14,16H2,1-6H3,(H,26,31)(H,27,33). The highest BCUT2D eigenvalue weighted by molar-refractivity contribution is 5.92. The maximum atomic E-state index is 13.5. The van der Waals surface area contributed by atoms with Crippen molar-refractivity contribution in [2.75, 3.05) is 26.3 Å². The Labute approximate surface area is 202 Å². The van der Waals surface area contributed by atoms with Crippen LogP contribution >= 0.6 is 0 Å². The van der Waals surface area contributed by atoms with Crippen LogP contribution in [0.4, 0.5) is 4.79 Å². The van der Waals surface area contributed by atoms with Gasteiger partial charge in [0.25, 0.3) is 0 Å². The first kappa shape index (κ1) is 29.4. The van der Waals surface area contributed by atoms with Crippen LogP contribution in [0.1, 0.15) is 69.7 Å². The van der Waals surface area contributed by atoms with Crippen molar-refractivity contribution in [3.8, 4) is 0 Å². The molecule has 192 valence electrons. The van der Waals surface area contributed by atoms with Crippen molar-refractivity contribution in [3.05, 3.63) is 34.9 Å². The van der Waals surface area contributed by atoms with E-state index in [4.69, 9.17) is 4.74 Å². The number of benzene rings is 1. The lowest BCUT2D eigenvalue weighted by Crippen LogP contribution is -2.55. The highest BCUT2D eigenvalue weighted by atomic mass is 16.6. The predicted molar refractivity (Wildman–Crippen MR) is 130 cm³/mol. The van der Waals surface area contributed by atoms with Gasteiger partial charge < -0.3 is 30.5 Å². The van der Waals surface area contributed by atoms with Crippen LogP contribution in [-0.2, 0) is 14.3 Å². The van der Waals surface area contributed by atoms with Gasteiger partial charge in [0.1, 0.15) is 17.7 Å². The van der Waals surface area contributed by atoms with Crippen molar-refractivity contribution in [1.29, 1.82) is 0 Å². The molecule has 0 spiro atoms. The number of hydrogen-bond donors (Lipinski definition) is 4. The van der Waals surface area contributed by atoms with Gasteiger partial charge in [-0.2, -0.15) is 0 Å². The van der Waals surface area contributed by atoms with Crippen LogP contribution in [0.3, 0.4) is 0 Å². The van der Waals surface area contributed by atoms with Gasteiger partial charge in [0.15, 0.2) is 0 Å². The first-order valence-corrected chi connectivity index (χ1v) is 11.8. The van der Waals surface area contributed by atoms with E-state index in [0.29, 0.717) is 12.1 Å². The molecule has 0 aliphatic heterocycles. The van der Waals surface area contributed by atoms with Crippen LogP contribution < -0.4 is 10.6 Å². The quantitative estimate of drug-likeness (QED) is 0.341. The molecule has 2 unspecified atom stereocenters. The highest BCUT2D eigenvalue weighted by Crippen LogP contribution is 2.26. The Morgan fingerprint density at radius 3 is 2.35 bits per heavy atom. The second kappa shape index (κ2) is 13.9. The minimum Gasteiger partial charge on any atom is -0.444 e. The van der Waals surface area contributed by atoms with E-state index in [9.17, 15) is 24.6 Å². The second-order valence-corrected chi connectivity index (χ2v) is 9.40. The normalized spacial score (nSPS) is 13.1. The smallest absolute Gasteiger partial charge is 0.408 e. The number of ether oxygens (including phenoxy) is 1. The van der Waals surface area contributed by atoms with Crippen molar-refractivity contribution in [2.45, 2.75) is 78.5 Å². The fourth-order valence-electron chi connectivity index (χ4n) is 3.50. The first-order valence-electron chi connectivity index (χ1n) is 11.8. The summed E-state index contributed by atoms with van der Waals surface area (Å²) < 4.78 is 5.20. The summed E-state index contributed by atoms with van der Waals surface area (Å²) in [5.41, 5.74) is 1.53. The molecule has 2 atom stereocenters. The summed E-state index contributed by atoms with van der Waals surface area (Å²) in [5, 5.41) is 24.9. The van der Waals surface area contributed by atoms with Gasteiger partial charge in [-0.05, 0) is 52.2 Å². The van der Waals surface area contributed by atoms with Crippen LogP contribution in [0.2, 0.25) is 0 Å². The Balaban J connectivity index is 3.33. The molecule has 0 heterocycles. The minimum atomic E-state index is -1.35. The fraction of sp³-hybridized carbons (Fsp3) is 0.640. The summed E-state index contributed by atoms with van der Waals surface area (Å²) in [4.78, 5) is 40.3. The largest absolute Gasteiger partial charge is 0.444 e. The maximum absolute atomic E-state index is 13.5. The van der Waals surface area contributed by atoms with Crippen molar-refractivity contribution >= 4 is 17.9 Å². The molecular formula is C25H41N3O6. The molecule has 0 bridgehead atoms. The molecule has 0 saturated carbocycles. The number of aliphatic hydroxyl groups excluding tert-OH is 2. The average Bonchev–Trinajstić information content (AvgIpc) is 2.75.